The summed E-state index contributed by atoms with van der Waals surface area (Å²) in [6.07, 6.45) is 4.32. The van der Waals surface area contributed by atoms with Crippen LogP contribution in [0, 0.1) is 0 Å². The van der Waals surface area contributed by atoms with Crippen LogP contribution in [0.1, 0.15) is 18.9 Å². The summed E-state index contributed by atoms with van der Waals surface area (Å²) in [5.74, 6) is -0.344. The summed E-state index contributed by atoms with van der Waals surface area (Å²) in [6, 6.07) is 9.60. The molecule has 0 spiro atoms. The lowest BCUT2D eigenvalue weighted by Crippen LogP contribution is -2.25. The Morgan fingerprint density at radius 3 is 2.55 bits per heavy atom. The first-order valence-electron chi connectivity index (χ1n) is 6.35. The smallest absolute Gasteiger partial charge is 0.325 e. The maximum absolute atomic E-state index is 11.5. The highest BCUT2D eigenvalue weighted by Crippen LogP contribution is 2.05. The number of ketones is 2. The molecular weight excluding hydrogens is 254 g/mol. The Kier molecular flexibility index (Phi) is 6.65. The molecule has 0 amide bonds. The van der Waals surface area contributed by atoms with Gasteiger partial charge in [0.05, 0.1) is 6.54 Å². The quantitative estimate of drug-likeness (QED) is 0.313. The van der Waals surface area contributed by atoms with Crippen molar-refractivity contribution in [1.29, 1.82) is 0 Å². The second-order valence-electron chi connectivity index (χ2n) is 4.24. The molecule has 1 aromatic rings. The van der Waals surface area contributed by atoms with E-state index in [4.69, 9.17) is 5.53 Å². The zero-order valence-corrected chi connectivity index (χ0v) is 11.4. The third-order valence-corrected chi connectivity index (χ3v) is 2.61. The van der Waals surface area contributed by atoms with E-state index in [9.17, 15) is 9.59 Å². The molecule has 0 atom stereocenters. The van der Waals surface area contributed by atoms with Gasteiger partial charge < -0.3 is 10.4 Å². The lowest BCUT2D eigenvalue weighted by atomic mass is 10.2. The predicted molar refractivity (Wildman–Crippen MR) is 76.0 cm³/mol. The fourth-order valence-electron chi connectivity index (χ4n) is 1.59. The number of benzene rings is 1. The molecule has 0 unspecified atom stereocenters. The molecule has 0 N–H and O–H groups in total. The Labute approximate surface area is 118 Å². The number of nitrogens with zero attached hydrogens (tertiary/aromatic N) is 3. The van der Waals surface area contributed by atoms with Crippen LogP contribution in [-0.4, -0.2) is 34.0 Å². The maximum Gasteiger partial charge on any atom is 0.325 e. The largest absolute Gasteiger partial charge is 0.365 e. The minimum atomic E-state index is -0.336. The summed E-state index contributed by atoms with van der Waals surface area (Å²) >= 11 is 0. The minimum absolute atomic E-state index is 0.00802. The van der Waals surface area contributed by atoms with Crippen LogP contribution in [0.4, 0.5) is 0 Å². The molecule has 0 aliphatic heterocycles. The van der Waals surface area contributed by atoms with Gasteiger partial charge in [-0.1, -0.05) is 37.3 Å². The van der Waals surface area contributed by atoms with E-state index in [2.05, 4.69) is 4.79 Å². The Morgan fingerprint density at radius 1 is 1.25 bits per heavy atom. The lowest BCUT2D eigenvalue weighted by molar-refractivity contribution is -0.117. The molecule has 0 heterocycles. The number of hydrogen-bond acceptors (Lipinski definition) is 3. The van der Waals surface area contributed by atoms with Gasteiger partial charge in [-0.05, 0) is 11.6 Å². The molecule has 1 aromatic carbocycles. The van der Waals surface area contributed by atoms with Crippen LogP contribution < -0.4 is 0 Å². The van der Waals surface area contributed by atoms with E-state index in [0.29, 0.717) is 13.0 Å². The molecule has 0 bridgehead atoms. The molecule has 5 heteroatoms. The van der Waals surface area contributed by atoms with E-state index >= 15 is 0 Å². The third-order valence-electron chi connectivity index (χ3n) is 2.61. The van der Waals surface area contributed by atoms with Gasteiger partial charge in [0, 0.05) is 19.2 Å². The maximum atomic E-state index is 11.5. The molecule has 0 saturated carbocycles. The zero-order valence-electron chi connectivity index (χ0n) is 11.4. The van der Waals surface area contributed by atoms with Gasteiger partial charge in [-0.2, -0.15) is 4.79 Å². The van der Waals surface area contributed by atoms with Crippen molar-refractivity contribution in [3.63, 3.8) is 0 Å². The van der Waals surface area contributed by atoms with Crippen molar-refractivity contribution in [3.8, 4) is 0 Å². The Balaban J connectivity index is 2.78. The summed E-state index contributed by atoms with van der Waals surface area (Å²) in [7, 11) is 0. The van der Waals surface area contributed by atoms with E-state index in [1.54, 1.807) is 18.0 Å². The number of carbonyl (C=O) groups is 2. The van der Waals surface area contributed by atoms with Crippen LogP contribution in [0.2, 0.25) is 0 Å². The van der Waals surface area contributed by atoms with Crippen LogP contribution in [0.5, 0.6) is 0 Å². The van der Waals surface area contributed by atoms with Crippen molar-refractivity contribution in [3.05, 3.63) is 53.7 Å². The van der Waals surface area contributed by atoms with Crippen LogP contribution in [-0.2, 0) is 16.1 Å². The topological polar surface area (TPSA) is 73.8 Å². The summed E-state index contributed by atoms with van der Waals surface area (Å²) < 4.78 is 0. The molecule has 0 aliphatic carbocycles. The molecule has 1 rings (SSSR count). The van der Waals surface area contributed by atoms with Crippen LogP contribution in [0.3, 0.4) is 0 Å². The average Bonchev–Trinajstić information content (AvgIpc) is 2.45. The molecule has 20 heavy (non-hydrogen) atoms. The summed E-state index contributed by atoms with van der Waals surface area (Å²) in [5, 5.41) is 0. The highest BCUT2D eigenvalue weighted by molar-refractivity contribution is 6.26. The first kappa shape index (κ1) is 15.5. The predicted octanol–water partition coefficient (Wildman–Crippen LogP) is 1.85. The van der Waals surface area contributed by atoms with E-state index < -0.39 is 0 Å². The number of carbonyl (C=O) groups excluding carboxylic acids is 2. The second-order valence-corrected chi connectivity index (χ2v) is 4.24. The highest BCUT2D eigenvalue weighted by Gasteiger charge is 2.09. The number of allylic oxidation sites excluding steroid dienone is 1. The van der Waals surface area contributed by atoms with Gasteiger partial charge in [-0.25, -0.2) is 0 Å². The van der Waals surface area contributed by atoms with Crippen LogP contribution >= 0.6 is 0 Å². The SMILES string of the molecule is CCC(=O)/C=C/N(CC(=O)C=[N+]=[N-])Cc1ccccc1. The van der Waals surface area contributed by atoms with E-state index in [-0.39, 0.29) is 18.1 Å². The average molecular weight is 271 g/mol. The van der Waals surface area contributed by atoms with E-state index in [0.717, 1.165) is 11.8 Å². The van der Waals surface area contributed by atoms with Gasteiger partial charge >= 0.3 is 6.21 Å². The fraction of sp³-hybridized carbons (Fsp3) is 0.267. The number of rotatable bonds is 8. The van der Waals surface area contributed by atoms with Crippen LogP contribution in [0.15, 0.2) is 42.6 Å². The third kappa shape index (κ3) is 5.89. The van der Waals surface area contributed by atoms with Crippen LogP contribution in [0.25, 0.3) is 5.53 Å². The van der Waals surface area contributed by atoms with Crippen molar-refractivity contribution < 1.29 is 14.4 Å². The van der Waals surface area contributed by atoms with Crippen molar-refractivity contribution >= 4 is 17.8 Å². The molecule has 0 radical (unpaired) electrons. The standard InChI is InChI=1S/C15H17N3O2/c1-2-14(19)8-9-18(12-15(20)10-17-16)11-13-6-4-3-5-7-13/h3-10H,2,11-12H2,1H3/b9-8+. The molecular formula is C15H17N3O2. The number of Topliss-reactive ketones (excluding diaryl/α,β-unsaturated/α-hetero) is 1. The second kappa shape index (κ2) is 8.56. The van der Waals surface area contributed by atoms with Gasteiger partial charge in [0.15, 0.2) is 5.78 Å². The zero-order chi connectivity index (χ0) is 14.8. The van der Waals surface area contributed by atoms with E-state index in [1.165, 1.54) is 6.08 Å². The van der Waals surface area contributed by atoms with Crippen molar-refractivity contribution in [2.24, 2.45) is 0 Å². The van der Waals surface area contributed by atoms with Crippen molar-refractivity contribution in [2.75, 3.05) is 6.54 Å². The van der Waals surface area contributed by atoms with Gasteiger partial charge in [0.2, 0.25) is 0 Å². The molecule has 0 saturated heterocycles. The fourth-order valence-corrected chi connectivity index (χ4v) is 1.59. The van der Waals surface area contributed by atoms with E-state index in [1.807, 2.05) is 30.3 Å². The molecule has 5 nitrogen and oxygen atoms in total. The van der Waals surface area contributed by atoms with Crippen molar-refractivity contribution in [2.45, 2.75) is 19.9 Å². The minimum Gasteiger partial charge on any atom is -0.365 e. The van der Waals surface area contributed by atoms with Gasteiger partial charge in [-0.3, -0.25) is 9.59 Å². The van der Waals surface area contributed by atoms with Gasteiger partial charge in [0.1, 0.15) is 0 Å². The lowest BCUT2D eigenvalue weighted by Gasteiger charge is -2.18. The Hall–Kier alpha value is -2.52. The molecule has 0 fully saturated rings. The monoisotopic (exact) mass is 271 g/mol. The normalized spacial score (nSPS) is 10.1. The summed E-state index contributed by atoms with van der Waals surface area (Å²) in [6.45, 7) is 2.32. The molecule has 104 valence electrons. The molecule has 0 aliphatic rings. The first-order valence-corrected chi connectivity index (χ1v) is 6.35. The van der Waals surface area contributed by atoms with Gasteiger partial charge in [-0.15, -0.1) is 0 Å². The Morgan fingerprint density at radius 2 is 1.95 bits per heavy atom. The molecule has 0 aromatic heterocycles. The van der Waals surface area contributed by atoms with Gasteiger partial charge in [0.25, 0.3) is 5.78 Å². The number of hydrogen-bond donors (Lipinski definition) is 0. The van der Waals surface area contributed by atoms with Crippen molar-refractivity contribution in [1.82, 2.24) is 4.90 Å². The first-order chi connectivity index (χ1) is 9.65. The highest BCUT2D eigenvalue weighted by atomic mass is 16.1. The summed E-state index contributed by atoms with van der Waals surface area (Å²) in [5.41, 5.74) is 9.38. The Bertz CT molecular complexity index is 531. The summed E-state index contributed by atoms with van der Waals surface area (Å²) in [4.78, 5) is 27.2.